The van der Waals surface area contributed by atoms with Gasteiger partial charge < -0.3 is 15.5 Å². The molecule has 0 unspecified atom stereocenters. The predicted octanol–water partition coefficient (Wildman–Crippen LogP) is 3.71. The monoisotopic (exact) mass is 500 g/mol. The van der Waals surface area contributed by atoms with Crippen molar-refractivity contribution in [3.63, 3.8) is 0 Å². The normalized spacial score (nSPS) is 17.3. The summed E-state index contributed by atoms with van der Waals surface area (Å²) in [4.78, 5) is 19.6. The van der Waals surface area contributed by atoms with E-state index < -0.39 is 0 Å². The fourth-order valence-corrected chi connectivity index (χ4v) is 5.20. The van der Waals surface area contributed by atoms with Crippen molar-refractivity contribution in [1.29, 1.82) is 0 Å². The van der Waals surface area contributed by atoms with Crippen molar-refractivity contribution in [1.82, 2.24) is 34.8 Å². The van der Waals surface area contributed by atoms with Gasteiger partial charge in [0, 0.05) is 41.8 Å². The minimum atomic E-state index is -0.159. The third-order valence-corrected chi connectivity index (χ3v) is 6.94. The van der Waals surface area contributed by atoms with Gasteiger partial charge in [0.05, 0.1) is 17.8 Å². The van der Waals surface area contributed by atoms with E-state index in [0.717, 1.165) is 33.9 Å². The van der Waals surface area contributed by atoms with Crippen molar-refractivity contribution < 1.29 is 4.79 Å². The number of hydrogen-bond acceptors (Lipinski definition) is 5. The summed E-state index contributed by atoms with van der Waals surface area (Å²) in [7, 11) is 0. The van der Waals surface area contributed by atoms with Gasteiger partial charge in [-0.15, -0.1) is 10.2 Å². The largest absolute Gasteiger partial charge is 0.352 e. The highest BCUT2D eigenvalue weighted by Crippen LogP contribution is 2.40. The molecular weight excluding hydrogens is 472 g/mol. The summed E-state index contributed by atoms with van der Waals surface area (Å²) in [6.45, 7) is 6.57. The van der Waals surface area contributed by atoms with E-state index in [9.17, 15) is 4.79 Å². The van der Waals surface area contributed by atoms with Gasteiger partial charge in [0.1, 0.15) is 12.7 Å². The number of carbonyl (C=O) groups excluding carboxylic acids is 1. The number of benzene rings is 1. The molecule has 1 aromatic carbocycles. The van der Waals surface area contributed by atoms with Crippen LogP contribution in [0, 0.1) is 20.8 Å². The van der Waals surface area contributed by atoms with E-state index in [1.807, 2.05) is 61.0 Å². The lowest BCUT2D eigenvalue weighted by Crippen LogP contribution is -2.33. The maximum atomic E-state index is 12.9. The molecule has 1 aliphatic rings. The molecule has 0 saturated carbocycles. The van der Waals surface area contributed by atoms with Gasteiger partial charge in [0.25, 0.3) is 0 Å². The average molecular weight is 501 g/mol. The second-order valence-corrected chi connectivity index (χ2v) is 9.30. The number of amides is 1. The van der Waals surface area contributed by atoms with Crippen LogP contribution in [0.25, 0.3) is 0 Å². The highest BCUT2D eigenvalue weighted by atomic mass is 32.1. The summed E-state index contributed by atoms with van der Waals surface area (Å²) in [5, 5.41) is 15.0. The van der Waals surface area contributed by atoms with Crippen molar-refractivity contribution in [2.75, 3.05) is 11.9 Å². The third kappa shape index (κ3) is 4.47. The molecule has 5 rings (SSSR count). The number of aromatic nitrogens is 5. The van der Waals surface area contributed by atoms with Crippen LogP contribution in [-0.2, 0) is 4.79 Å². The molecule has 1 aliphatic heterocycles. The van der Waals surface area contributed by atoms with Gasteiger partial charge in [0.2, 0.25) is 5.91 Å². The molecule has 1 amide bonds. The zero-order chi connectivity index (χ0) is 25.2. The number of carbonyl (C=O) groups is 1. The molecule has 4 aromatic rings. The number of anilines is 1. The summed E-state index contributed by atoms with van der Waals surface area (Å²) < 4.78 is 3.92. The molecule has 0 aliphatic carbocycles. The Balaban J connectivity index is 1.46. The van der Waals surface area contributed by atoms with Crippen LogP contribution in [0.5, 0.6) is 0 Å². The van der Waals surface area contributed by atoms with E-state index in [4.69, 9.17) is 12.2 Å². The Kier molecular flexibility index (Phi) is 6.51. The van der Waals surface area contributed by atoms with Crippen LogP contribution in [0.1, 0.15) is 46.7 Å². The van der Waals surface area contributed by atoms with Crippen molar-refractivity contribution in [2.45, 2.75) is 39.3 Å². The Hall–Kier alpha value is -4.05. The number of nitrogens with zero attached hydrogens (tertiary/aromatic N) is 6. The lowest BCUT2D eigenvalue weighted by atomic mass is 9.96. The first-order valence-corrected chi connectivity index (χ1v) is 12.2. The third-order valence-electron chi connectivity index (χ3n) is 6.59. The highest BCUT2D eigenvalue weighted by molar-refractivity contribution is 7.80. The average Bonchev–Trinajstić information content (AvgIpc) is 3.58. The molecule has 1 fully saturated rings. The Morgan fingerprint density at radius 1 is 1.08 bits per heavy atom. The van der Waals surface area contributed by atoms with Crippen LogP contribution >= 0.6 is 12.2 Å². The van der Waals surface area contributed by atoms with Gasteiger partial charge in [-0.1, -0.05) is 24.3 Å². The summed E-state index contributed by atoms with van der Waals surface area (Å²) in [6.07, 6.45) is 5.43. The van der Waals surface area contributed by atoms with Crippen LogP contribution in [0.2, 0.25) is 0 Å². The number of hydrogen-bond donors (Lipinski definition) is 2. The van der Waals surface area contributed by atoms with Gasteiger partial charge in [-0.2, -0.15) is 0 Å². The lowest BCUT2D eigenvalue weighted by molar-refractivity contribution is -0.116. The first-order valence-electron chi connectivity index (χ1n) is 11.8. The second-order valence-electron chi connectivity index (χ2n) is 8.91. The number of nitrogens with one attached hydrogen (secondary N) is 2. The quantitative estimate of drug-likeness (QED) is 0.374. The van der Waals surface area contributed by atoms with Crippen molar-refractivity contribution in [2.24, 2.45) is 0 Å². The summed E-state index contributed by atoms with van der Waals surface area (Å²) in [5.74, 6) is -0.0536. The molecule has 9 nitrogen and oxygen atoms in total. The summed E-state index contributed by atoms with van der Waals surface area (Å²) in [5.41, 5.74) is 5.93. The minimum absolute atomic E-state index is 0.0536. The molecule has 184 valence electrons. The first kappa shape index (κ1) is 23.7. The summed E-state index contributed by atoms with van der Waals surface area (Å²) in [6, 6.07) is 15.5. The van der Waals surface area contributed by atoms with Crippen molar-refractivity contribution >= 4 is 28.9 Å². The maximum absolute atomic E-state index is 12.9. The van der Waals surface area contributed by atoms with E-state index in [2.05, 4.69) is 48.4 Å². The van der Waals surface area contributed by atoms with Crippen molar-refractivity contribution in [3.05, 3.63) is 95.6 Å². The number of aryl methyl sites for hydroxylation is 2. The predicted molar refractivity (Wildman–Crippen MR) is 141 cm³/mol. The lowest BCUT2D eigenvalue weighted by Gasteiger charge is -2.28. The zero-order valence-electron chi connectivity index (χ0n) is 20.4. The van der Waals surface area contributed by atoms with Crippen LogP contribution in [0.15, 0.2) is 67.4 Å². The molecular formula is C26H28N8OS. The molecule has 0 radical (unpaired) electrons. The van der Waals surface area contributed by atoms with Gasteiger partial charge in [-0.25, -0.2) is 4.68 Å². The smallest absolute Gasteiger partial charge is 0.226 e. The first-order chi connectivity index (χ1) is 17.4. The Bertz CT molecular complexity index is 1380. The van der Waals surface area contributed by atoms with Crippen molar-refractivity contribution in [3.8, 4) is 0 Å². The van der Waals surface area contributed by atoms with E-state index in [-0.39, 0.29) is 18.0 Å². The Labute approximate surface area is 215 Å². The van der Waals surface area contributed by atoms with Gasteiger partial charge in [0.15, 0.2) is 5.11 Å². The summed E-state index contributed by atoms with van der Waals surface area (Å²) >= 11 is 5.78. The van der Waals surface area contributed by atoms with E-state index >= 15 is 0 Å². The fraction of sp³-hybridized carbons (Fsp3) is 0.269. The fourth-order valence-electron chi connectivity index (χ4n) is 4.86. The van der Waals surface area contributed by atoms with Crippen LogP contribution < -0.4 is 10.6 Å². The van der Waals surface area contributed by atoms with Crippen LogP contribution in [0.3, 0.4) is 0 Å². The van der Waals surface area contributed by atoms with Crippen LogP contribution in [0.4, 0.5) is 5.69 Å². The zero-order valence-corrected chi connectivity index (χ0v) is 21.2. The number of thiocarbonyl (C=S) groups is 1. The molecule has 4 heterocycles. The van der Waals surface area contributed by atoms with Crippen LogP contribution in [-0.4, -0.2) is 47.0 Å². The molecule has 2 atom stereocenters. The van der Waals surface area contributed by atoms with Gasteiger partial charge in [-0.05, 0) is 62.8 Å². The topological polar surface area (TPSA) is 92.9 Å². The van der Waals surface area contributed by atoms with Gasteiger partial charge >= 0.3 is 0 Å². The number of rotatable bonds is 7. The Morgan fingerprint density at radius 2 is 1.83 bits per heavy atom. The molecule has 36 heavy (non-hydrogen) atoms. The van der Waals surface area contributed by atoms with Gasteiger partial charge in [-0.3, -0.25) is 14.5 Å². The molecule has 0 bridgehead atoms. The Morgan fingerprint density at radius 3 is 2.56 bits per heavy atom. The molecule has 3 aromatic heterocycles. The molecule has 2 N–H and O–H groups in total. The second kappa shape index (κ2) is 9.90. The number of para-hydroxylation sites is 1. The molecule has 0 spiro atoms. The van der Waals surface area contributed by atoms with E-state index in [1.165, 1.54) is 0 Å². The maximum Gasteiger partial charge on any atom is 0.226 e. The molecule has 1 saturated heterocycles. The van der Waals surface area contributed by atoms with E-state index in [1.54, 1.807) is 18.9 Å². The highest BCUT2D eigenvalue weighted by Gasteiger charge is 2.41. The van der Waals surface area contributed by atoms with E-state index in [0.29, 0.717) is 18.1 Å². The standard InChI is InChI=1S/C26H28N8OS/c1-17-8-4-5-9-21(17)30-23(35)11-13-33-25(24(31-26(33)36)22-10-6-7-12-27-22)20-14-18(2)34(19(20)3)32-15-28-29-16-32/h4-10,12,14-16,24-25H,11,13H2,1-3H3,(H,30,35)(H,31,36)/t24-,25-/m1/s1. The molecule has 10 heteroatoms. The SMILES string of the molecule is Cc1ccccc1NC(=O)CCN1C(=S)N[C@H](c2ccccn2)[C@H]1c1cc(C)n(-n2cnnc2)c1C. The minimum Gasteiger partial charge on any atom is -0.352 e. The number of pyridine rings is 1.